The zero-order valence-electron chi connectivity index (χ0n) is 18.5. The standard InChI is InChI=1S/C25H31ClN2O2S/c1-16(2)11-20-15-28(19-9-4-5-10-19)23-14-22(26)21(13-24(23)31-27(20)3)17-7-6-8-18(12-17)25(29)30/h6-8,12-14,16,19-20H,4-5,9-11,15H2,1-3H3,(H,29,30). The predicted octanol–water partition coefficient (Wildman–Crippen LogP) is 6.82. The zero-order chi connectivity index (χ0) is 22.1. The summed E-state index contributed by atoms with van der Waals surface area (Å²) < 4.78 is 2.40. The number of anilines is 1. The molecule has 4 rings (SSSR count). The number of likely N-dealkylation sites (N-methyl/N-ethyl adjacent to an activating group) is 1. The van der Waals surface area contributed by atoms with Crippen molar-refractivity contribution in [3.8, 4) is 11.1 Å². The average Bonchev–Trinajstić information content (AvgIpc) is 3.22. The van der Waals surface area contributed by atoms with Gasteiger partial charge in [-0.3, -0.25) is 0 Å². The molecule has 0 saturated heterocycles. The minimum atomic E-state index is -0.925. The van der Waals surface area contributed by atoms with Gasteiger partial charge in [-0.15, -0.1) is 0 Å². The lowest BCUT2D eigenvalue weighted by atomic mass is 10.0. The third-order valence-electron chi connectivity index (χ3n) is 6.45. The number of fused-ring (bicyclic) bond motifs is 1. The number of aromatic carboxylic acids is 1. The van der Waals surface area contributed by atoms with E-state index in [4.69, 9.17) is 11.6 Å². The highest BCUT2D eigenvalue weighted by atomic mass is 35.5. The van der Waals surface area contributed by atoms with E-state index in [1.54, 1.807) is 30.1 Å². The van der Waals surface area contributed by atoms with Crippen molar-refractivity contribution in [2.24, 2.45) is 5.92 Å². The predicted molar refractivity (Wildman–Crippen MR) is 130 cm³/mol. The maximum absolute atomic E-state index is 11.5. The Morgan fingerprint density at radius 1 is 1.23 bits per heavy atom. The number of hydrogen-bond donors (Lipinski definition) is 1. The molecule has 1 saturated carbocycles. The Bertz CT molecular complexity index is 959. The first-order valence-electron chi connectivity index (χ1n) is 11.2. The highest BCUT2D eigenvalue weighted by Crippen LogP contribution is 2.45. The molecule has 166 valence electrons. The third kappa shape index (κ3) is 4.89. The van der Waals surface area contributed by atoms with Crippen molar-refractivity contribution in [1.82, 2.24) is 4.31 Å². The summed E-state index contributed by atoms with van der Waals surface area (Å²) in [5.74, 6) is -0.289. The molecule has 1 heterocycles. The van der Waals surface area contributed by atoms with Crippen molar-refractivity contribution in [3.63, 3.8) is 0 Å². The quantitative estimate of drug-likeness (QED) is 0.498. The first kappa shape index (κ1) is 22.5. The van der Waals surface area contributed by atoms with Crippen molar-refractivity contribution in [2.45, 2.75) is 62.9 Å². The van der Waals surface area contributed by atoms with Crippen LogP contribution < -0.4 is 4.90 Å². The van der Waals surface area contributed by atoms with E-state index < -0.39 is 5.97 Å². The number of nitrogens with zero attached hydrogens (tertiary/aromatic N) is 2. The van der Waals surface area contributed by atoms with Gasteiger partial charge >= 0.3 is 5.97 Å². The number of halogens is 1. The molecule has 1 fully saturated rings. The highest BCUT2D eigenvalue weighted by Gasteiger charge is 2.33. The number of benzene rings is 2. The van der Waals surface area contributed by atoms with Gasteiger partial charge in [0.2, 0.25) is 0 Å². The zero-order valence-corrected chi connectivity index (χ0v) is 20.0. The summed E-state index contributed by atoms with van der Waals surface area (Å²) in [7, 11) is 2.19. The molecular formula is C25H31ClN2O2S. The van der Waals surface area contributed by atoms with Gasteiger partial charge in [0.05, 0.1) is 16.3 Å². The molecule has 1 atom stereocenters. The number of carbonyl (C=O) groups is 1. The molecule has 1 unspecified atom stereocenters. The Morgan fingerprint density at radius 2 is 1.97 bits per heavy atom. The Balaban J connectivity index is 1.77. The van der Waals surface area contributed by atoms with Gasteiger partial charge in [-0.25, -0.2) is 9.10 Å². The van der Waals surface area contributed by atoms with E-state index in [-0.39, 0.29) is 5.56 Å². The smallest absolute Gasteiger partial charge is 0.335 e. The fourth-order valence-electron chi connectivity index (χ4n) is 4.88. The molecule has 2 aromatic carbocycles. The molecule has 2 aromatic rings. The summed E-state index contributed by atoms with van der Waals surface area (Å²) in [4.78, 5) is 15.3. The first-order valence-corrected chi connectivity index (χ1v) is 12.3. The Labute approximate surface area is 194 Å². The molecule has 1 aliphatic carbocycles. The molecule has 1 N–H and O–H groups in total. The average molecular weight is 459 g/mol. The second-order valence-electron chi connectivity index (χ2n) is 9.20. The summed E-state index contributed by atoms with van der Waals surface area (Å²) in [5, 5.41) is 10.1. The van der Waals surface area contributed by atoms with E-state index >= 15 is 0 Å². The van der Waals surface area contributed by atoms with Gasteiger partial charge in [-0.2, -0.15) is 0 Å². The fourth-order valence-corrected chi connectivity index (χ4v) is 6.20. The van der Waals surface area contributed by atoms with Crippen LogP contribution in [-0.4, -0.2) is 41.1 Å². The van der Waals surface area contributed by atoms with Crippen LogP contribution in [-0.2, 0) is 0 Å². The summed E-state index contributed by atoms with van der Waals surface area (Å²) in [6.07, 6.45) is 6.22. The Kier molecular flexibility index (Phi) is 6.85. The number of hydrogen-bond acceptors (Lipinski definition) is 4. The Morgan fingerprint density at radius 3 is 2.65 bits per heavy atom. The molecule has 1 aliphatic heterocycles. The molecule has 31 heavy (non-hydrogen) atoms. The second-order valence-corrected chi connectivity index (χ2v) is 10.8. The second kappa shape index (κ2) is 9.43. The van der Waals surface area contributed by atoms with Gasteiger partial charge in [0.1, 0.15) is 0 Å². The topological polar surface area (TPSA) is 43.8 Å². The van der Waals surface area contributed by atoms with Crippen molar-refractivity contribution < 1.29 is 9.90 Å². The van der Waals surface area contributed by atoms with Crippen LogP contribution in [0.5, 0.6) is 0 Å². The maximum Gasteiger partial charge on any atom is 0.335 e. The van der Waals surface area contributed by atoms with Crippen molar-refractivity contribution in [2.75, 3.05) is 18.5 Å². The summed E-state index contributed by atoms with van der Waals surface area (Å²) >= 11 is 8.60. The largest absolute Gasteiger partial charge is 0.478 e. The minimum Gasteiger partial charge on any atom is -0.478 e. The van der Waals surface area contributed by atoms with Gasteiger partial charge in [0.25, 0.3) is 0 Å². The molecular weight excluding hydrogens is 428 g/mol. The van der Waals surface area contributed by atoms with Crippen molar-refractivity contribution in [3.05, 3.63) is 47.0 Å². The molecule has 0 spiro atoms. The lowest BCUT2D eigenvalue weighted by molar-refractivity contribution is 0.0697. The molecule has 0 radical (unpaired) electrons. The summed E-state index contributed by atoms with van der Waals surface area (Å²) in [6, 6.07) is 12.3. The van der Waals surface area contributed by atoms with E-state index in [1.165, 1.54) is 36.3 Å². The van der Waals surface area contributed by atoms with E-state index in [9.17, 15) is 9.90 Å². The lowest BCUT2D eigenvalue weighted by Gasteiger charge is -2.35. The van der Waals surface area contributed by atoms with Gasteiger partial charge in [0.15, 0.2) is 0 Å². The molecule has 0 amide bonds. The van der Waals surface area contributed by atoms with Crippen LogP contribution in [0.2, 0.25) is 5.02 Å². The summed E-state index contributed by atoms with van der Waals surface area (Å²) in [5.41, 5.74) is 3.22. The molecule has 0 aromatic heterocycles. The lowest BCUT2D eigenvalue weighted by Crippen LogP contribution is -2.43. The van der Waals surface area contributed by atoms with Crippen molar-refractivity contribution >= 4 is 35.2 Å². The van der Waals surface area contributed by atoms with Gasteiger partial charge < -0.3 is 10.0 Å². The summed E-state index contributed by atoms with van der Waals surface area (Å²) in [6.45, 7) is 5.60. The van der Waals surface area contributed by atoms with Crippen molar-refractivity contribution in [1.29, 1.82) is 0 Å². The van der Waals surface area contributed by atoms with E-state index in [0.717, 1.165) is 24.1 Å². The van der Waals surface area contributed by atoms with Gasteiger partial charge in [0, 0.05) is 29.1 Å². The SMILES string of the molecule is CC(C)CC1CN(C2CCCC2)c2cc(Cl)c(-c3cccc(C(=O)O)c3)cc2SN1C. The first-order chi connectivity index (χ1) is 14.8. The van der Waals surface area contributed by atoms with E-state index in [0.29, 0.717) is 23.0 Å². The number of carboxylic acid groups (broad SMARTS) is 1. The van der Waals surface area contributed by atoms with Crippen LogP contribution in [0.4, 0.5) is 5.69 Å². The Hall–Kier alpha value is -1.69. The number of carboxylic acids is 1. The number of rotatable bonds is 5. The van der Waals surface area contributed by atoms with E-state index in [1.807, 2.05) is 6.07 Å². The third-order valence-corrected chi connectivity index (χ3v) is 7.87. The van der Waals surface area contributed by atoms with Crippen LogP contribution in [0, 0.1) is 5.92 Å². The highest BCUT2D eigenvalue weighted by molar-refractivity contribution is 7.97. The van der Waals surface area contributed by atoms with E-state index in [2.05, 4.69) is 42.2 Å². The molecule has 0 bridgehead atoms. The molecule has 4 nitrogen and oxygen atoms in total. The minimum absolute atomic E-state index is 0.276. The molecule has 2 aliphatic rings. The van der Waals surface area contributed by atoms with Crippen LogP contribution in [0.15, 0.2) is 41.3 Å². The van der Waals surface area contributed by atoms with Crippen LogP contribution in [0.3, 0.4) is 0 Å². The molecule has 6 heteroatoms. The van der Waals surface area contributed by atoms with Gasteiger partial charge in [-0.1, -0.05) is 50.4 Å². The monoisotopic (exact) mass is 458 g/mol. The van der Waals surface area contributed by atoms with Gasteiger partial charge in [-0.05, 0) is 74.0 Å². The maximum atomic E-state index is 11.5. The van der Waals surface area contributed by atoms with Crippen LogP contribution in [0.1, 0.15) is 56.3 Å². The van der Waals surface area contributed by atoms with Crippen LogP contribution >= 0.6 is 23.5 Å². The van der Waals surface area contributed by atoms with Crippen LogP contribution in [0.25, 0.3) is 11.1 Å². The fraction of sp³-hybridized carbons (Fsp3) is 0.480. The normalized spacial score (nSPS) is 20.2.